The molecule has 3 heterocycles. The molecule has 1 fully saturated rings. The fraction of sp³-hybridized carbons (Fsp3) is 0.250. The first-order valence-corrected chi connectivity index (χ1v) is 11.9. The predicted octanol–water partition coefficient (Wildman–Crippen LogP) is 3.37. The van der Waals surface area contributed by atoms with Crippen molar-refractivity contribution in [3.8, 4) is 17.2 Å². The van der Waals surface area contributed by atoms with E-state index >= 15 is 0 Å². The average molecular weight is 461 g/mol. The van der Waals surface area contributed by atoms with Crippen LogP contribution in [0.5, 0.6) is 0 Å². The van der Waals surface area contributed by atoms with Gasteiger partial charge in [0, 0.05) is 23.1 Å². The molecule has 2 aromatic heterocycles. The standard InChI is InChI=1S/C24H24N6O2S/c25-22(32)20-12-6-7-13-29(20)21(31)15-33-24-28-27-23(30(24)17-9-2-1-3-10-17)19-14-16-8-4-5-11-18(16)26-19/h1-5,8-11,14,20,26H,6-7,12-13,15H2,(H2,25,32)/t20-/m1/s1. The molecule has 3 N–H and O–H groups in total. The molecular weight excluding hydrogens is 436 g/mol. The van der Waals surface area contributed by atoms with Gasteiger partial charge in [0.15, 0.2) is 11.0 Å². The highest BCUT2D eigenvalue weighted by Crippen LogP contribution is 2.30. The Kier molecular flexibility index (Phi) is 5.87. The van der Waals surface area contributed by atoms with Gasteiger partial charge in [-0.2, -0.15) is 0 Å². The number of nitrogens with two attached hydrogens (primary N) is 1. The lowest BCUT2D eigenvalue weighted by Gasteiger charge is -2.33. The molecule has 0 unspecified atom stereocenters. The van der Waals surface area contributed by atoms with Crippen LogP contribution in [0.2, 0.25) is 0 Å². The topological polar surface area (TPSA) is 110 Å². The van der Waals surface area contributed by atoms with E-state index in [0.717, 1.165) is 35.1 Å². The number of para-hydroxylation sites is 2. The van der Waals surface area contributed by atoms with Gasteiger partial charge < -0.3 is 15.6 Å². The molecule has 1 aliphatic heterocycles. The highest BCUT2D eigenvalue weighted by molar-refractivity contribution is 7.99. The quantitative estimate of drug-likeness (QED) is 0.429. The van der Waals surface area contributed by atoms with E-state index in [1.807, 2.05) is 65.2 Å². The number of thioether (sulfide) groups is 1. The minimum atomic E-state index is -0.527. The zero-order valence-electron chi connectivity index (χ0n) is 18.0. The van der Waals surface area contributed by atoms with Crippen LogP contribution >= 0.6 is 11.8 Å². The molecule has 0 bridgehead atoms. The number of primary amides is 1. The molecule has 8 nitrogen and oxygen atoms in total. The fourth-order valence-electron chi connectivity index (χ4n) is 4.28. The summed E-state index contributed by atoms with van der Waals surface area (Å²) in [5.74, 6) is 0.266. The Morgan fingerprint density at radius 3 is 2.64 bits per heavy atom. The summed E-state index contributed by atoms with van der Waals surface area (Å²) in [5, 5.41) is 10.5. The summed E-state index contributed by atoms with van der Waals surface area (Å²) in [6.07, 6.45) is 2.40. The number of nitrogens with zero attached hydrogens (tertiary/aromatic N) is 4. The van der Waals surface area contributed by atoms with Crippen LogP contribution < -0.4 is 5.73 Å². The van der Waals surface area contributed by atoms with E-state index in [1.165, 1.54) is 11.8 Å². The molecule has 0 spiro atoms. The first-order chi connectivity index (χ1) is 16.1. The van der Waals surface area contributed by atoms with Crippen molar-refractivity contribution in [3.63, 3.8) is 0 Å². The summed E-state index contributed by atoms with van der Waals surface area (Å²) < 4.78 is 1.95. The van der Waals surface area contributed by atoms with Gasteiger partial charge in [-0.25, -0.2) is 0 Å². The maximum Gasteiger partial charge on any atom is 0.240 e. The van der Waals surface area contributed by atoms with Gasteiger partial charge in [-0.05, 0) is 43.5 Å². The fourth-order valence-corrected chi connectivity index (χ4v) is 5.11. The van der Waals surface area contributed by atoms with E-state index in [2.05, 4.69) is 15.2 Å². The van der Waals surface area contributed by atoms with E-state index < -0.39 is 11.9 Å². The van der Waals surface area contributed by atoms with Crippen molar-refractivity contribution in [2.45, 2.75) is 30.5 Å². The molecule has 1 aliphatic rings. The third kappa shape index (κ3) is 4.23. The molecule has 5 rings (SSSR count). The second-order valence-electron chi connectivity index (χ2n) is 8.04. The van der Waals surface area contributed by atoms with Crippen molar-refractivity contribution in [2.75, 3.05) is 12.3 Å². The number of H-pyrrole nitrogens is 1. The maximum absolute atomic E-state index is 13.0. The number of hydrogen-bond donors (Lipinski definition) is 2. The van der Waals surface area contributed by atoms with E-state index in [4.69, 9.17) is 5.73 Å². The van der Waals surface area contributed by atoms with Gasteiger partial charge in [-0.3, -0.25) is 14.2 Å². The third-order valence-electron chi connectivity index (χ3n) is 5.89. The van der Waals surface area contributed by atoms with E-state index in [9.17, 15) is 9.59 Å². The van der Waals surface area contributed by atoms with Crippen molar-refractivity contribution >= 4 is 34.5 Å². The Morgan fingerprint density at radius 1 is 1.06 bits per heavy atom. The lowest BCUT2D eigenvalue weighted by Crippen LogP contribution is -2.51. The molecule has 4 aromatic rings. The maximum atomic E-state index is 13.0. The number of nitrogens with one attached hydrogen (secondary N) is 1. The van der Waals surface area contributed by atoms with Crippen molar-refractivity contribution in [1.82, 2.24) is 24.6 Å². The number of aromatic amines is 1. The van der Waals surface area contributed by atoms with Crippen LogP contribution in [-0.2, 0) is 9.59 Å². The minimum absolute atomic E-state index is 0.113. The molecule has 0 saturated carbocycles. The Labute approximate surface area is 195 Å². The molecular formula is C24H24N6O2S. The molecule has 2 amide bonds. The van der Waals surface area contributed by atoms with Crippen LogP contribution in [0.15, 0.2) is 65.8 Å². The molecule has 9 heteroatoms. The van der Waals surface area contributed by atoms with Gasteiger partial charge in [0.2, 0.25) is 11.8 Å². The molecule has 168 valence electrons. The highest BCUT2D eigenvalue weighted by atomic mass is 32.2. The van der Waals surface area contributed by atoms with Crippen molar-refractivity contribution in [3.05, 3.63) is 60.7 Å². The predicted molar refractivity (Wildman–Crippen MR) is 128 cm³/mol. The number of rotatable bonds is 6. The molecule has 0 aliphatic carbocycles. The molecule has 33 heavy (non-hydrogen) atoms. The second kappa shape index (κ2) is 9.11. The largest absolute Gasteiger partial charge is 0.368 e. The van der Waals surface area contributed by atoms with Crippen LogP contribution in [0.4, 0.5) is 0 Å². The Balaban J connectivity index is 1.45. The zero-order valence-corrected chi connectivity index (χ0v) is 18.8. The van der Waals surface area contributed by atoms with Gasteiger partial charge in [0.1, 0.15) is 6.04 Å². The average Bonchev–Trinajstić information content (AvgIpc) is 3.47. The van der Waals surface area contributed by atoms with E-state index in [0.29, 0.717) is 23.9 Å². The number of hydrogen-bond acceptors (Lipinski definition) is 5. The monoisotopic (exact) mass is 460 g/mol. The Morgan fingerprint density at radius 2 is 1.85 bits per heavy atom. The van der Waals surface area contributed by atoms with Crippen molar-refractivity contribution in [2.24, 2.45) is 5.73 Å². The summed E-state index contributed by atoms with van der Waals surface area (Å²) in [6, 6.07) is 19.4. The SMILES string of the molecule is NC(=O)[C@H]1CCCCN1C(=O)CSc1nnc(-c2cc3ccccc3[nH]2)n1-c1ccccc1. The summed E-state index contributed by atoms with van der Waals surface area (Å²) in [5.41, 5.74) is 8.29. The Hall–Kier alpha value is -3.59. The Bertz CT molecular complexity index is 1270. The summed E-state index contributed by atoms with van der Waals surface area (Å²) in [7, 11) is 0. The van der Waals surface area contributed by atoms with Crippen LogP contribution in [0.1, 0.15) is 19.3 Å². The number of carbonyl (C=O) groups is 2. The number of fused-ring (bicyclic) bond motifs is 1. The van der Waals surface area contributed by atoms with Crippen LogP contribution in [0, 0.1) is 0 Å². The number of likely N-dealkylation sites (tertiary alicyclic amines) is 1. The van der Waals surface area contributed by atoms with Gasteiger partial charge in [0.25, 0.3) is 0 Å². The van der Waals surface area contributed by atoms with Crippen molar-refractivity contribution < 1.29 is 9.59 Å². The van der Waals surface area contributed by atoms with E-state index in [-0.39, 0.29) is 11.7 Å². The van der Waals surface area contributed by atoms with Gasteiger partial charge in [0.05, 0.1) is 11.4 Å². The first-order valence-electron chi connectivity index (χ1n) is 10.9. The lowest BCUT2D eigenvalue weighted by atomic mass is 10.0. The number of amides is 2. The third-order valence-corrected chi connectivity index (χ3v) is 6.81. The number of benzene rings is 2. The van der Waals surface area contributed by atoms with Crippen LogP contribution in [-0.4, -0.2) is 54.8 Å². The lowest BCUT2D eigenvalue weighted by molar-refractivity contribution is -0.138. The van der Waals surface area contributed by atoms with E-state index in [1.54, 1.807) is 4.90 Å². The van der Waals surface area contributed by atoms with Gasteiger partial charge >= 0.3 is 0 Å². The first kappa shape index (κ1) is 21.3. The summed E-state index contributed by atoms with van der Waals surface area (Å²) in [4.78, 5) is 29.8. The molecule has 1 saturated heterocycles. The number of piperidine rings is 1. The molecule has 1 atom stereocenters. The van der Waals surface area contributed by atoms with Gasteiger partial charge in [-0.15, -0.1) is 10.2 Å². The van der Waals surface area contributed by atoms with Gasteiger partial charge in [-0.1, -0.05) is 48.2 Å². The zero-order chi connectivity index (χ0) is 22.8. The number of aromatic nitrogens is 4. The normalized spacial score (nSPS) is 16.2. The molecule has 0 radical (unpaired) electrons. The minimum Gasteiger partial charge on any atom is -0.368 e. The summed E-state index contributed by atoms with van der Waals surface area (Å²) in [6.45, 7) is 0.554. The highest BCUT2D eigenvalue weighted by Gasteiger charge is 2.31. The second-order valence-corrected chi connectivity index (χ2v) is 8.98. The van der Waals surface area contributed by atoms with Crippen LogP contribution in [0.25, 0.3) is 28.1 Å². The smallest absolute Gasteiger partial charge is 0.240 e. The number of carbonyl (C=O) groups excluding carboxylic acids is 2. The van der Waals surface area contributed by atoms with Crippen LogP contribution in [0.3, 0.4) is 0 Å². The van der Waals surface area contributed by atoms with Crippen molar-refractivity contribution in [1.29, 1.82) is 0 Å². The summed E-state index contributed by atoms with van der Waals surface area (Å²) >= 11 is 1.31. The molecule has 2 aromatic carbocycles.